The van der Waals surface area contributed by atoms with E-state index in [0.29, 0.717) is 22.2 Å². The highest BCUT2D eigenvalue weighted by Gasteiger charge is 2.32. The van der Waals surface area contributed by atoms with Crippen molar-refractivity contribution < 1.29 is 27.8 Å². The Bertz CT molecular complexity index is 1260. The maximum atomic E-state index is 13.3. The van der Waals surface area contributed by atoms with E-state index in [9.17, 15) is 18.4 Å². The zero-order valence-electron chi connectivity index (χ0n) is 18.6. The summed E-state index contributed by atoms with van der Waals surface area (Å²) in [6, 6.07) is 21.6. The minimum Gasteiger partial charge on any atom is -0.497 e. The number of alkyl halides is 2. The largest absolute Gasteiger partial charge is 0.497 e. The summed E-state index contributed by atoms with van der Waals surface area (Å²) >= 11 is 1.12. The number of anilines is 1. The Labute approximate surface area is 204 Å². The molecule has 1 amide bonds. The Hall–Kier alpha value is -3.98. The third kappa shape index (κ3) is 5.93. The SMILES string of the molecule is COc1ccc(/C=C2\N=C(SCC(=O)c3ccccc3)N(c3ccc(OC(F)F)cc3)C2=O)cc1. The summed E-state index contributed by atoms with van der Waals surface area (Å²) in [5, 5.41) is 0.307. The molecule has 0 unspecified atom stereocenters. The summed E-state index contributed by atoms with van der Waals surface area (Å²) in [6.07, 6.45) is 1.63. The van der Waals surface area contributed by atoms with Crippen molar-refractivity contribution in [2.75, 3.05) is 17.8 Å². The molecule has 1 aliphatic rings. The molecule has 0 saturated heterocycles. The number of halogens is 2. The van der Waals surface area contributed by atoms with Crippen LogP contribution in [0.5, 0.6) is 11.5 Å². The lowest BCUT2D eigenvalue weighted by atomic mass is 10.2. The Morgan fingerprint density at radius 3 is 2.29 bits per heavy atom. The van der Waals surface area contributed by atoms with Crippen molar-refractivity contribution in [1.29, 1.82) is 0 Å². The zero-order chi connectivity index (χ0) is 24.8. The average Bonchev–Trinajstić information content (AvgIpc) is 3.18. The highest BCUT2D eigenvalue weighted by atomic mass is 32.2. The molecule has 9 heteroatoms. The van der Waals surface area contributed by atoms with Crippen molar-refractivity contribution in [2.45, 2.75) is 6.61 Å². The second-order valence-electron chi connectivity index (χ2n) is 7.29. The topological polar surface area (TPSA) is 68.2 Å². The molecular formula is C26H20F2N2O4S. The van der Waals surface area contributed by atoms with Gasteiger partial charge < -0.3 is 9.47 Å². The number of hydrogen-bond donors (Lipinski definition) is 0. The summed E-state index contributed by atoms with van der Waals surface area (Å²) in [5.41, 5.74) is 1.88. The molecule has 0 aromatic heterocycles. The van der Waals surface area contributed by atoms with Gasteiger partial charge in [0.15, 0.2) is 11.0 Å². The normalized spacial score (nSPS) is 14.4. The highest BCUT2D eigenvalue weighted by Crippen LogP contribution is 2.31. The third-order valence-corrected chi connectivity index (χ3v) is 5.94. The summed E-state index contributed by atoms with van der Waals surface area (Å²) in [5.74, 6) is 0.193. The van der Waals surface area contributed by atoms with Crippen LogP contribution in [0.15, 0.2) is 89.6 Å². The Kier molecular flexibility index (Phi) is 7.57. The van der Waals surface area contributed by atoms with Gasteiger partial charge in [-0.05, 0) is 48.0 Å². The molecule has 0 N–H and O–H groups in total. The number of nitrogens with zero attached hydrogens (tertiary/aromatic N) is 2. The van der Waals surface area contributed by atoms with Crippen LogP contribution in [0, 0.1) is 0 Å². The lowest BCUT2D eigenvalue weighted by molar-refractivity contribution is -0.113. The maximum absolute atomic E-state index is 13.3. The Morgan fingerprint density at radius 1 is 1.00 bits per heavy atom. The molecule has 35 heavy (non-hydrogen) atoms. The van der Waals surface area contributed by atoms with Crippen molar-refractivity contribution >= 4 is 40.4 Å². The van der Waals surface area contributed by atoms with Crippen LogP contribution in [0.1, 0.15) is 15.9 Å². The molecule has 4 rings (SSSR count). The van der Waals surface area contributed by atoms with Crippen molar-refractivity contribution in [2.24, 2.45) is 4.99 Å². The number of ketones is 1. The van der Waals surface area contributed by atoms with Gasteiger partial charge in [0.1, 0.15) is 17.2 Å². The predicted molar refractivity (Wildman–Crippen MR) is 132 cm³/mol. The van der Waals surface area contributed by atoms with Crippen LogP contribution < -0.4 is 14.4 Å². The van der Waals surface area contributed by atoms with E-state index >= 15 is 0 Å². The van der Waals surface area contributed by atoms with E-state index in [-0.39, 0.29) is 23.0 Å². The third-order valence-electron chi connectivity index (χ3n) is 5.00. The first-order valence-corrected chi connectivity index (χ1v) is 11.5. The fourth-order valence-corrected chi connectivity index (χ4v) is 4.20. The van der Waals surface area contributed by atoms with Gasteiger partial charge in [0.05, 0.1) is 18.6 Å². The molecule has 0 radical (unpaired) electrons. The molecule has 6 nitrogen and oxygen atoms in total. The molecular weight excluding hydrogens is 474 g/mol. The standard InChI is InChI=1S/C26H20F2N2O4S/c1-33-20-11-7-17(8-12-20)15-22-24(32)30(19-9-13-21(14-10-19)34-25(27)28)26(29-22)35-16-23(31)18-5-3-2-4-6-18/h2-15,25H,16H2,1H3/b22-15-. The van der Waals surface area contributed by atoms with Crippen molar-refractivity contribution in [3.8, 4) is 11.5 Å². The summed E-state index contributed by atoms with van der Waals surface area (Å²) < 4.78 is 34.6. The first-order valence-electron chi connectivity index (χ1n) is 10.5. The maximum Gasteiger partial charge on any atom is 0.387 e. The van der Waals surface area contributed by atoms with E-state index in [2.05, 4.69) is 9.73 Å². The number of rotatable bonds is 8. The number of thioether (sulfide) groups is 1. The second-order valence-corrected chi connectivity index (χ2v) is 8.23. The monoisotopic (exact) mass is 494 g/mol. The van der Waals surface area contributed by atoms with Crippen LogP contribution in [0.4, 0.5) is 14.5 Å². The van der Waals surface area contributed by atoms with Crippen LogP contribution in [0.25, 0.3) is 6.08 Å². The van der Waals surface area contributed by atoms with Crippen molar-refractivity contribution in [3.63, 3.8) is 0 Å². The van der Waals surface area contributed by atoms with Gasteiger partial charge in [0.2, 0.25) is 0 Å². The van der Waals surface area contributed by atoms with Gasteiger partial charge in [-0.3, -0.25) is 14.5 Å². The van der Waals surface area contributed by atoms with E-state index in [1.165, 1.54) is 29.2 Å². The number of amides is 1. The smallest absolute Gasteiger partial charge is 0.387 e. The molecule has 178 valence electrons. The first-order chi connectivity index (χ1) is 16.9. The van der Waals surface area contributed by atoms with Crippen LogP contribution >= 0.6 is 11.8 Å². The molecule has 1 heterocycles. The lowest BCUT2D eigenvalue weighted by Gasteiger charge is -2.18. The van der Waals surface area contributed by atoms with Gasteiger partial charge in [-0.25, -0.2) is 4.99 Å². The fraction of sp³-hybridized carbons (Fsp3) is 0.115. The number of methoxy groups -OCH3 is 1. The number of ether oxygens (including phenoxy) is 2. The fourth-order valence-electron chi connectivity index (χ4n) is 3.29. The van der Waals surface area contributed by atoms with Crippen LogP contribution in [0.3, 0.4) is 0 Å². The van der Waals surface area contributed by atoms with Gasteiger partial charge in [-0.1, -0.05) is 54.2 Å². The van der Waals surface area contributed by atoms with Crippen LogP contribution in [-0.2, 0) is 4.79 Å². The minimum atomic E-state index is -2.95. The quantitative estimate of drug-likeness (QED) is 0.299. The highest BCUT2D eigenvalue weighted by molar-refractivity contribution is 8.14. The summed E-state index contributed by atoms with van der Waals surface area (Å²) in [7, 11) is 1.56. The van der Waals surface area contributed by atoms with Gasteiger partial charge in [0, 0.05) is 5.56 Å². The molecule has 0 aliphatic carbocycles. The Morgan fingerprint density at radius 2 is 1.66 bits per heavy atom. The molecule has 0 spiro atoms. The Balaban J connectivity index is 1.61. The molecule has 3 aromatic rings. The lowest BCUT2D eigenvalue weighted by Crippen LogP contribution is -2.30. The predicted octanol–water partition coefficient (Wildman–Crippen LogP) is 5.66. The summed E-state index contributed by atoms with van der Waals surface area (Å²) in [6.45, 7) is -2.95. The number of aliphatic imine (C=N–C) groups is 1. The van der Waals surface area contributed by atoms with Gasteiger partial charge in [-0.15, -0.1) is 0 Å². The van der Waals surface area contributed by atoms with E-state index in [1.54, 1.807) is 61.7 Å². The van der Waals surface area contributed by atoms with Crippen molar-refractivity contribution in [3.05, 3.63) is 95.7 Å². The molecule has 1 aliphatic heterocycles. The van der Waals surface area contributed by atoms with Crippen LogP contribution in [-0.4, -0.2) is 36.3 Å². The zero-order valence-corrected chi connectivity index (χ0v) is 19.4. The van der Waals surface area contributed by atoms with Crippen molar-refractivity contribution in [1.82, 2.24) is 0 Å². The van der Waals surface area contributed by atoms with Gasteiger partial charge >= 0.3 is 6.61 Å². The van der Waals surface area contributed by atoms with Crippen LogP contribution in [0.2, 0.25) is 0 Å². The summed E-state index contributed by atoms with van der Waals surface area (Å²) in [4.78, 5) is 31.7. The molecule has 0 bridgehead atoms. The number of hydrogen-bond acceptors (Lipinski definition) is 6. The molecule has 0 saturated carbocycles. The minimum absolute atomic E-state index is 0.0326. The number of amidine groups is 1. The van der Waals surface area contributed by atoms with E-state index in [0.717, 1.165) is 17.3 Å². The molecule has 3 aromatic carbocycles. The molecule has 0 fully saturated rings. The first kappa shape index (κ1) is 24.2. The van der Waals surface area contributed by atoms with E-state index in [4.69, 9.17) is 4.74 Å². The number of carbonyl (C=O) groups excluding carboxylic acids is 2. The molecule has 0 atom stereocenters. The van der Waals surface area contributed by atoms with Gasteiger partial charge in [-0.2, -0.15) is 8.78 Å². The van der Waals surface area contributed by atoms with Gasteiger partial charge in [0.25, 0.3) is 5.91 Å². The average molecular weight is 495 g/mol. The second kappa shape index (κ2) is 11.0. The number of benzene rings is 3. The van der Waals surface area contributed by atoms with E-state index in [1.807, 2.05) is 6.07 Å². The number of carbonyl (C=O) groups is 2. The number of Topliss-reactive ketones (excluding diaryl/α,β-unsaturated/α-hetero) is 1. The van der Waals surface area contributed by atoms with E-state index < -0.39 is 12.5 Å².